The summed E-state index contributed by atoms with van der Waals surface area (Å²) in [5, 5.41) is 12.4. The van der Waals surface area contributed by atoms with Crippen LogP contribution in [0, 0.1) is 5.82 Å². The monoisotopic (exact) mass is 316 g/mol. The second-order valence-corrected chi connectivity index (χ2v) is 5.75. The summed E-state index contributed by atoms with van der Waals surface area (Å²) >= 11 is 0. The Kier molecular flexibility index (Phi) is 5.84. The number of halogens is 1. The lowest BCUT2D eigenvalue weighted by atomic mass is 10.1. The van der Waals surface area contributed by atoms with Crippen molar-refractivity contribution in [3.63, 3.8) is 0 Å². The minimum Gasteiger partial charge on any atom is -0.478 e. The maximum Gasteiger partial charge on any atom is 0.335 e. The molecule has 1 atom stereocenters. The Bertz CT molecular complexity index is 639. The van der Waals surface area contributed by atoms with Crippen molar-refractivity contribution in [2.45, 2.75) is 12.6 Å². The van der Waals surface area contributed by atoms with Crippen molar-refractivity contribution in [2.24, 2.45) is 0 Å². The summed E-state index contributed by atoms with van der Waals surface area (Å²) in [5.41, 5.74) is 2.29. The first-order valence-electron chi connectivity index (χ1n) is 7.41. The standard InChI is InChI=1S/C18H21FN2O2/c1-21(2)12-17(14-7-9-16(19)10-8-14)20-11-13-3-5-15(6-4-13)18(22)23/h3-10,17,20H,11-12H2,1-2H3,(H,22,23). The number of carboxylic acid groups (broad SMARTS) is 1. The zero-order valence-corrected chi connectivity index (χ0v) is 13.3. The maximum atomic E-state index is 13.1. The van der Waals surface area contributed by atoms with Gasteiger partial charge < -0.3 is 15.3 Å². The summed E-state index contributed by atoms with van der Waals surface area (Å²) in [6.45, 7) is 1.38. The normalized spacial score (nSPS) is 12.3. The van der Waals surface area contributed by atoms with E-state index in [2.05, 4.69) is 10.2 Å². The van der Waals surface area contributed by atoms with E-state index in [1.165, 1.54) is 12.1 Å². The summed E-state index contributed by atoms with van der Waals surface area (Å²) < 4.78 is 13.1. The second kappa shape index (κ2) is 7.85. The third-order valence-electron chi connectivity index (χ3n) is 3.57. The Hall–Kier alpha value is -2.24. The summed E-state index contributed by atoms with van der Waals surface area (Å²) in [7, 11) is 3.97. The molecule has 2 aromatic carbocycles. The molecule has 0 aliphatic rings. The van der Waals surface area contributed by atoms with Gasteiger partial charge in [-0.25, -0.2) is 9.18 Å². The zero-order chi connectivity index (χ0) is 16.8. The first kappa shape index (κ1) is 17.1. The highest BCUT2D eigenvalue weighted by molar-refractivity contribution is 5.87. The highest BCUT2D eigenvalue weighted by atomic mass is 19.1. The first-order chi connectivity index (χ1) is 11.0. The first-order valence-corrected chi connectivity index (χ1v) is 7.41. The minimum atomic E-state index is -0.929. The molecule has 0 heterocycles. The molecule has 0 aliphatic carbocycles. The molecule has 0 amide bonds. The summed E-state index contributed by atoms with van der Waals surface area (Å²) in [4.78, 5) is 12.9. The third kappa shape index (κ3) is 5.16. The molecule has 0 bridgehead atoms. The number of carbonyl (C=O) groups is 1. The van der Waals surface area contributed by atoms with Crippen LogP contribution in [0.4, 0.5) is 4.39 Å². The van der Waals surface area contributed by atoms with Crippen molar-refractivity contribution in [1.29, 1.82) is 0 Å². The van der Waals surface area contributed by atoms with Gasteiger partial charge in [0.15, 0.2) is 0 Å². The number of benzene rings is 2. The number of carboxylic acids is 1. The van der Waals surface area contributed by atoms with Crippen LogP contribution in [0.5, 0.6) is 0 Å². The van der Waals surface area contributed by atoms with Gasteiger partial charge in [0.2, 0.25) is 0 Å². The SMILES string of the molecule is CN(C)CC(NCc1ccc(C(=O)O)cc1)c1ccc(F)cc1. The molecular formula is C18H21FN2O2. The Morgan fingerprint density at radius 2 is 1.74 bits per heavy atom. The molecule has 2 aromatic rings. The number of aromatic carboxylic acids is 1. The molecule has 0 saturated heterocycles. The number of likely N-dealkylation sites (N-methyl/N-ethyl adjacent to an activating group) is 1. The molecule has 0 spiro atoms. The Balaban J connectivity index is 2.05. The van der Waals surface area contributed by atoms with Crippen molar-refractivity contribution in [1.82, 2.24) is 10.2 Å². The smallest absolute Gasteiger partial charge is 0.335 e. The number of hydrogen-bond donors (Lipinski definition) is 2. The lowest BCUT2D eigenvalue weighted by molar-refractivity contribution is 0.0697. The molecule has 23 heavy (non-hydrogen) atoms. The molecule has 0 aromatic heterocycles. The fraction of sp³-hybridized carbons (Fsp3) is 0.278. The van der Waals surface area contributed by atoms with Crippen LogP contribution in [-0.2, 0) is 6.54 Å². The largest absolute Gasteiger partial charge is 0.478 e. The van der Waals surface area contributed by atoms with E-state index >= 15 is 0 Å². The van der Waals surface area contributed by atoms with Crippen LogP contribution in [0.1, 0.15) is 27.5 Å². The third-order valence-corrected chi connectivity index (χ3v) is 3.57. The second-order valence-electron chi connectivity index (χ2n) is 5.75. The van der Waals surface area contributed by atoms with Gasteiger partial charge in [-0.2, -0.15) is 0 Å². The fourth-order valence-electron chi connectivity index (χ4n) is 2.35. The summed E-state index contributed by atoms with van der Waals surface area (Å²) in [6.07, 6.45) is 0. The van der Waals surface area contributed by atoms with E-state index in [9.17, 15) is 9.18 Å². The molecule has 0 radical (unpaired) electrons. The van der Waals surface area contributed by atoms with Crippen molar-refractivity contribution in [3.05, 3.63) is 71.0 Å². The van der Waals surface area contributed by atoms with Gasteiger partial charge >= 0.3 is 5.97 Å². The topological polar surface area (TPSA) is 52.6 Å². The number of hydrogen-bond acceptors (Lipinski definition) is 3. The fourth-order valence-corrected chi connectivity index (χ4v) is 2.35. The van der Waals surface area contributed by atoms with E-state index < -0.39 is 5.97 Å². The lowest BCUT2D eigenvalue weighted by Gasteiger charge is -2.23. The van der Waals surface area contributed by atoms with Crippen LogP contribution >= 0.6 is 0 Å². The van der Waals surface area contributed by atoms with Gasteiger partial charge in [0.1, 0.15) is 5.82 Å². The van der Waals surface area contributed by atoms with E-state index in [0.717, 1.165) is 17.7 Å². The molecule has 1 unspecified atom stereocenters. The maximum absolute atomic E-state index is 13.1. The zero-order valence-electron chi connectivity index (χ0n) is 13.3. The molecule has 122 valence electrons. The van der Waals surface area contributed by atoms with Gasteiger partial charge in [0, 0.05) is 19.1 Å². The van der Waals surface area contributed by atoms with Gasteiger partial charge in [0.25, 0.3) is 0 Å². The van der Waals surface area contributed by atoms with E-state index in [1.54, 1.807) is 36.4 Å². The Morgan fingerprint density at radius 1 is 1.13 bits per heavy atom. The van der Waals surface area contributed by atoms with Gasteiger partial charge in [-0.3, -0.25) is 0 Å². The average molecular weight is 316 g/mol. The number of rotatable bonds is 7. The molecular weight excluding hydrogens is 295 g/mol. The van der Waals surface area contributed by atoms with Gasteiger partial charge in [0.05, 0.1) is 5.56 Å². The number of nitrogens with one attached hydrogen (secondary N) is 1. The average Bonchev–Trinajstić information content (AvgIpc) is 2.52. The molecule has 5 heteroatoms. The molecule has 0 saturated carbocycles. The van der Waals surface area contributed by atoms with Crippen LogP contribution < -0.4 is 5.32 Å². The minimum absolute atomic E-state index is 0.0600. The van der Waals surface area contributed by atoms with Crippen molar-refractivity contribution in [2.75, 3.05) is 20.6 Å². The van der Waals surface area contributed by atoms with Crippen LogP contribution in [0.3, 0.4) is 0 Å². The van der Waals surface area contributed by atoms with Crippen LogP contribution in [0.15, 0.2) is 48.5 Å². The molecule has 0 fully saturated rings. The Labute approximate surface area is 135 Å². The summed E-state index contributed by atoms with van der Waals surface area (Å²) in [6, 6.07) is 13.3. The van der Waals surface area contributed by atoms with Gasteiger partial charge in [-0.1, -0.05) is 24.3 Å². The summed E-state index contributed by atoms with van der Waals surface area (Å²) in [5.74, 6) is -1.18. The quantitative estimate of drug-likeness (QED) is 0.825. The molecule has 4 nitrogen and oxygen atoms in total. The molecule has 0 aliphatic heterocycles. The van der Waals surface area contributed by atoms with E-state index in [1.807, 2.05) is 14.1 Å². The highest BCUT2D eigenvalue weighted by Gasteiger charge is 2.12. The predicted octanol–water partition coefficient (Wildman–Crippen LogP) is 2.92. The molecule has 2 N–H and O–H groups in total. The van der Waals surface area contributed by atoms with E-state index in [-0.39, 0.29) is 17.4 Å². The van der Waals surface area contributed by atoms with Gasteiger partial charge in [-0.15, -0.1) is 0 Å². The Morgan fingerprint density at radius 3 is 2.26 bits per heavy atom. The van der Waals surface area contributed by atoms with E-state index in [4.69, 9.17) is 5.11 Å². The van der Waals surface area contributed by atoms with Crippen LogP contribution in [0.25, 0.3) is 0 Å². The van der Waals surface area contributed by atoms with Crippen molar-refractivity contribution >= 4 is 5.97 Å². The van der Waals surface area contributed by atoms with Crippen LogP contribution in [0.2, 0.25) is 0 Å². The predicted molar refractivity (Wildman–Crippen MR) is 87.9 cm³/mol. The van der Waals surface area contributed by atoms with Gasteiger partial charge in [-0.05, 0) is 49.5 Å². The lowest BCUT2D eigenvalue weighted by Crippen LogP contribution is -2.30. The molecule has 2 rings (SSSR count). The van der Waals surface area contributed by atoms with Crippen LogP contribution in [-0.4, -0.2) is 36.6 Å². The number of nitrogens with zero attached hydrogens (tertiary/aromatic N) is 1. The van der Waals surface area contributed by atoms with E-state index in [0.29, 0.717) is 6.54 Å². The van der Waals surface area contributed by atoms with Crippen molar-refractivity contribution in [3.8, 4) is 0 Å². The highest BCUT2D eigenvalue weighted by Crippen LogP contribution is 2.16. The van der Waals surface area contributed by atoms with Crippen molar-refractivity contribution < 1.29 is 14.3 Å².